The molecule has 3 aromatic rings. The van der Waals surface area contributed by atoms with Crippen LogP contribution >= 0.6 is 22.9 Å². The molecule has 154 valence electrons. The highest BCUT2D eigenvalue weighted by molar-refractivity contribution is 7.12. The second kappa shape index (κ2) is 7.58. The molecule has 0 unspecified atom stereocenters. The summed E-state index contributed by atoms with van der Waals surface area (Å²) in [5.74, 6) is -0.851. The van der Waals surface area contributed by atoms with Crippen molar-refractivity contribution in [3.05, 3.63) is 77.6 Å². The summed E-state index contributed by atoms with van der Waals surface area (Å²) < 4.78 is 0.950. The number of hydrogen-bond acceptors (Lipinski definition) is 6. The molecule has 1 amide bonds. The first-order valence-electron chi connectivity index (χ1n) is 9.04. The molecule has 10 heteroatoms. The quantitative estimate of drug-likeness (QED) is 0.647. The van der Waals surface area contributed by atoms with E-state index < -0.39 is 17.1 Å². The van der Waals surface area contributed by atoms with Crippen LogP contribution in [0.25, 0.3) is 5.69 Å². The van der Waals surface area contributed by atoms with E-state index in [-0.39, 0.29) is 35.3 Å². The second-order valence-corrected chi connectivity index (χ2v) is 8.61. The number of aromatic amines is 1. The monoisotopic (exact) mass is 444 g/mol. The van der Waals surface area contributed by atoms with Crippen LogP contribution in [0, 0.1) is 6.92 Å². The number of hydrazone groups is 1. The molecular weight excluding hydrogens is 428 g/mol. The van der Waals surface area contributed by atoms with E-state index in [1.165, 1.54) is 29.3 Å². The van der Waals surface area contributed by atoms with Crippen LogP contribution in [-0.4, -0.2) is 31.3 Å². The molecule has 2 N–H and O–H groups in total. The van der Waals surface area contributed by atoms with Crippen molar-refractivity contribution in [3.63, 3.8) is 0 Å². The first kappa shape index (κ1) is 20.1. The number of rotatable bonds is 3. The minimum Gasteiger partial charge on any atom is -0.493 e. The minimum absolute atomic E-state index is 0.156. The van der Waals surface area contributed by atoms with Crippen molar-refractivity contribution >= 4 is 34.6 Å². The van der Waals surface area contributed by atoms with Crippen molar-refractivity contribution in [3.8, 4) is 11.6 Å². The summed E-state index contributed by atoms with van der Waals surface area (Å²) in [5.41, 5.74) is -1.24. The van der Waals surface area contributed by atoms with E-state index >= 15 is 0 Å². The van der Waals surface area contributed by atoms with Gasteiger partial charge in [-0.1, -0.05) is 17.7 Å². The van der Waals surface area contributed by atoms with Crippen molar-refractivity contribution in [2.24, 2.45) is 5.10 Å². The van der Waals surface area contributed by atoms with Crippen LogP contribution < -0.4 is 11.2 Å². The Balaban J connectivity index is 1.85. The first-order chi connectivity index (χ1) is 14.3. The normalized spacial score (nSPS) is 16.0. The maximum atomic E-state index is 12.6. The first-order valence-corrected chi connectivity index (χ1v) is 10.2. The number of hydrogen-bond donors (Lipinski definition) is 2. The number of aromatic nitrogens is 2. The van der Waals surface area contributed by atoms with Gasteiger partial charge in [0.05, 0.1) is 17.4 Å². The van der Waals surface area contributed by atoms with Crippen LogP contribution in [0.15, 0.2) is 51.1 Å². The largest absolute Gasteiger partial charge is 0.493 e. The second-order valence-electron chi connectivity index (χ2n) is 6.85. The molecule has 0 bridgehead atoms. The third-order valence-electron chi connectivity index (χ3n) is 4.76. The van der Waals surface area contributed by atoms with E-state index in [4.69, 9.17) is 11.6 Å². The zero-order valence-corrected chi connectivity index (χ0v) is 17.6. The molecule has 0 saturated carbocycles. The lowest BCUT2D eigenvalue weighted by atomic mass is 10.0. The lowest BCUT2D eigenvalue weighted by molar-refractivity contribution is -0.130. The number of H-pyrrole nitrogens is 1. The lowest BCUT2D eigenvalue weighted by Crippen LogP contribution is -2.33. The maximum absolute atomic E-state index is 12.6. The van der Waals surface area contributed by atoms with Crippen LogP contribution in [0.5, 0.6) is 5.88 Å². The van der Waals surface area contributed by atoms with E-state index in [1.54, 1.807) is 18.2 Å². The van der Waals surface area contributed by atoms with Gasteiger partial charge >= 0.3 is 5.69 Å². The Bertz CT molecular complexity index is 1310. The highest BCUT2D eigenvalue weighted by Crippen LogP contribution is 2.37. The number of aryl methyl sites for hydroxylation is 1. The number of nitrogens with one attached hydrogen (secondary N) is 1. The van der Waals surface area contributed by atoms with Crippen LogP contribution in [-0.2, 0) is 4.79 Å². The van der Waals surface area contributed by atoms with E-state index in [0.29, 0.717) is 5.02 Å². The van der Waals surface area contributed by atoms with Gasteiger partial charge in [-0.2, -0.15) is 5.10 Å². The molecule has 1 atom stereocenters. The average molecular weight is 445 g/mol. The molecule has 3 heterocycles. The third-order valence-corrected chi connectivity index (χ3v) is 6.10. The minimum atomic E-state index is -0.809. The third kappa shape index (κ3) is 3.46. The summed E-state index contributed by atoms with van der Waals surface area (Å²) >= 11 is 7.54. The number of amides is 1. The van der Waals surface area contributed by atoms with Gasteiger partial charge in [0.25, 0.3) is 5.56 Å². The highest BCUT2D eigenvalue weighted by atomic mass is 35.5. The molecule has 0 fully saturated rings. The van der Waals surface area contributed by atoms with Crippen molar-refractivity contribution in [2.45, 2.75) is 26.3 Å². The molecule has 0 radical (unpaired) electrons. The summed E-state index contributed by atoms with van der Waals surface area (Å²) in [6, 6.07) is 9.77. The van der Waals surface area contributed by atoms with Crippen LogP contribution in [0.2, 0.25) is 5.02 Å². The molecular formula is C20H17ClN4O4S. The fourth-order valence-electron chi connectivity index (χ4n) is 3.45. The zero-order valence-electron chi connectivity index (χ0n) is 16.0. The molecule has 2 aromatic heterocycles. The number of thiophene rings is 1. The van der Waals surface area contributed by atoms with Crippen molar-refractivity contribution in [2.75, 3.05) is 0 Å². The van der Waals surface area contributed by atoms with Gasteiger partial charge < -0.3 is 5.11 Å². The summed E-state index contributed by atoms with van der Waals surface area (Å²) in [6.07, 6.45) is 0.226. The predicted octanol–water partition coefficient (Wildman–Crippen LogP) is 2.95. The zero-order chi connectivity index (χ0) is 21.6. The Labute approximate surface area is 179 Å². The Hall–Kier alpha value is -3.17. The van der Waals surface area contributed by atoms with Crippen LogP contribution in [0.1, 0.15) is 34.7 Å². The van der Waals surface area contributed by atoms with E-state index in [9.17, 15) is 19.5 Å². The lowest BCUT2D eigenvalue weighted by Gasteiger charge is -2.18. The van der Waals surface area contributed by atoms with E-state index in [2.05, 4.69) is 10.1 Å². The average Bonchev–Trinajstić information content (AvgIpc) is 3.28. The molecule has 4 rings (SSSR count). The highest BCUT2D eigenvalue weighted by Gasteiger charge is 2.35. The Morgan fingerprint density at radius 2 is 2.07 bits per heavy atom. The molecule has 1 aliphatic rings. The molecule has 1 aromatic carbocycles. The van der Waals surface area contributed by atoms with Crippen LogP contribution in [0.3, 0.4) is 0 Å². The van der Waals surface area contributed by atoms with Gasteiger partial charge in [-0.3, -0.25) is 14.6 Å². The number of nitrogens with zero attached hydrogens (tertiary/aromatic N) is 3. The standard InChI is InChI=1S/C20H17ClN4O4S/c1-10-6-7-16(30-10)15-9-14(23-25(15)11(2)26)17-18(27)22-20(29)24(19(17)28)13-5-3-4-12(21)8-13/h3-8,15,28H,9H2,1-2H3,(H,22,27,29)/t15-/m0/s1. The van der Waals surface area contributed by atoms with Gasteiger partial charge in [-0.25, -0.2) is 14.4 Å². The van der Waals surface area contributed by atoms with Gasteiger partial charge in [-0.15, -0.1) is 11.3 Å². The van der Waals surface area contributed by atoms with Gasteiger partial charge in [0, 0.05) is 28.1 Å². The molecule has 0 aliphatic carbocycles. The number of halogens is 1. The SMILES string of the molecule is CC(=O)N1N=C(c2c(O)n(-c3cccc(Cl)c3)c(=O)[nH]c2=O)C[C@H]1c1ccc(C)s1. The summed E-state index contributed by atoms with van der Waals surface area (Å²) in [5, 5.41) is 16.8. The number of carbonyl (C=O) groups excluding carboxylic acids is 1. The van der Waals surface area contributed by atoms with Gasteiger partial charge in [-0.05, 0) is 37.3 Å². The number of carbonyl (C=O) groups is 1. The Kier molecular flexibility index (Phi) is 5.08. The van der Waals surface area contributed by atoms with E-state index in [0.717, 1.165) is 14.3 Å². The fraction of sp³-hybridized carbons (Fsp3) is 0.200. The van der Waals surface area contributed by atoms with Crippen molar-refractivity contribution < 1.29 is 9.90 Å². The fourth-order valence-corrected chi connectivity index (χ4v) is 4.59. The smallest absolute Gasteiger partial charge is 0.335 e. The molecule has 8 nitrogen and oxygen atoms in total. The van der Waals surface area contributed by atoms with Crippen LogP contribution in [0.4, 0.5) is 0 Å². The molecule has 1 aliphatic heterocycles. The van der Waals surface area contributed by atoms with Crippen molar-refractivity contribution in [1.82, 2.24) is 14.6 Å². The molecule has 0 spiro atoms. The molecule has 30 heavy (non-hydrogen) atoms. The van der Waals surface area contributed by atoms with Gasteiger partial charge in [0.1, 0.15) is 5.56 Å². The summed E-state index contributed by atoms with van der Waals surface area (Å²) in [7, 11) is 0. The Morgan fingerprint density at radius 3 is 2.70 bits per heavy atom. The predicted molar refractivity (Wildman–Crippen MR) is 115 cm³/mol. The van der Waals surface area contributed by atoms with Crippen molar-refractivity contribution in [1.29, 1.82) is 0 Å². The number of aromatic hydroxyl groups is 1. The Morgan fingerprint density at radius 1 is 1.30 bits per heavy atom. The summed E-state index contributed by atoms with van der Waals surface area (Å²) in [4.78, 5) is 41.4. The molecule has 0 saturated heterocycles. The van der Waals surface area contributed by atoms with Gasteiger partial charge in [0.2, 0.25) is 11.8 Å². The topological polar surface area (TPSA) is 108 Å². The van der Waals surface area contributed by atoms with Gasteiger partial charge in [0.15, 0.2) is 0 Å². The summed E-state index contributed by atoms with van der Waals surface area (Å²) in [6.45, 7) is 3.34. The maximum Gasteiger partial charge on any atom is 0.335 e. The van der Waals surface area contributed by atoms with E-state index in [1.807, 2.05) is 19.1 Å². The number of benzene rings is 1.